The van der Waals surface area contributed by atoms with E-state index in [9.17, 15) is 45.6 Å². The van der Waals surface area contributed by atoms with Gasteiger partial charge in [0.2, 0.25) is 5.91 Å². The van der Waals surface area contributed by atoms with E-state index in [-0.39, 0.29) is 18.9 Å². The summed E-state index contributed by atoms with van der Waals surface area (Å²) in [5.74, 6) is -0.254. The molecule has 14 nitrogen and oxygen atoms in total. The molecule has 2 heterocycles. The van der Waals surface area contributed by atoms with Crippen molar-refractivity contribution in [1.82, 2.24) is 5.32 Å². The summed E-state index contributed by atoms with van der Waals surface area (Å²) in [7, 11) is 0. The maximum atomic E-state index is 13.1. The van der Waals surface area contributed by atoms with Crippen molar-refractivity contribution >= 4 is 5.91 Å². The summed E-state index contributed by atoms with van der Waals surface area (Å²) < 4.78 is 22.6. The number of carbonyl (C=O) groups excluding carboxylic acids is 1. The Bertz CT molecular complexity index is 1220. The second-order valence-electron chi connectivity index (χ2n) is 19.4. The fourth-order valence-corrected chi connectivity index (χ4v) is 8.95. The van der Waals surface area contributed by atoms with E-state index in [4.69, 9.17) is 18.9 Å². The maximum Gasteiger partial charge on any atom is 0.220 e. The van der Waals surface area contributed by atoms with Gasteiger partial charge in [0.25, 0.3) is 0 Å². The fraction of sp³-hybridized carbons (Fsp3) is 0.906. The lowest BCUT2D eigenvalue weighted by Crippen LogP contribution is -2.65. The van der Waals surface area contributed by atoms with Crippen molar-refractivity contribution in [2.75, 3.05) is 19.8 Å². The van der Waals surface area contributed by atoms with E-state index in [0.717, 1.165) is 32.1 Å². The van der Waals surface area contributed by atoms with Crippen molar-refractivity contribution in [3.63, 3.8) is 0 Å². The number of amides is 1. The first-order chi connectivity index (χ1) is 32.6. The van der Waals surface area contributed by atoms with Crippen molar-refractivity contribution in [3.8, 4) is 0 Å². The normalized spacial score (nSPS) is 26.7. The van der Waals surface area contributed by atoms with Crippen molar-refractivity contribution in [2.45, 2.75) is 286 Å². The zero-order valence-electron chi connectivity index (χ0n) is 41.9. The zero-order valence-corrected chi connectivity index (χ0v) is 41.9. The highest BCUT2D eigenvalue weighted by molar-refractivity contribution is 5.76. The van der Waals surface area contributed by atoms with Gasteiger partial charge in [-0.15, -0.1) is 0 Å². The van der Waals surface area contributed by atoms with Crippen LogP contribution in [0.2, 0.25) is 0 Å². The molecular weight excluding hydrogens is 859 g/mol. The predicted octanol–water partition coefficient (Wildman–Crippen LogP) is 7.72. The largest absolute Gasteiger partial charge is 0.394 e. The lowest BCUT2D eigenvalue weighted by molar-refractivity contribution is -0.359. The van der Waals surface area contributed by atoms with Gasteiger partial charge in [-0.1, -0.05) is 199 Å². The molecule has 2 fully saturated rings. The predicted molar refractivity (Wildman–Crippen MR) is 263 cm³/mol. The zero-order chi connectivity index (χ0) is 48.9. The van der Waals surface area contributed by atoms with Crippen LogP contribution in [-0.2, 0) is 23.7 Å². The Balaban J connectivity index is 1.74. The van der Waals surface area contributed by atoms with E-state index in [1.54, 1.807) is 6.08 Å². The van der Waals surface area contributed by atoms with Crippen molar-refractivity contribution in [3.05, 3.63) is 24.3 Å². The molecule has 0 aromatic rings. The van der Waals surface area contributed by atoms with Gasteiger partial charge in [0.15, 0.2) is 12.6 Å². The molecule has 12 unspecified atom stereocenters. The van der Waals surface area contributed by atoms with Crippen LogP contribution in [0.5, 0.6) is 0 Å². The van der Waals surface area contributed by atoms with Crippen LogP contribution in [0.25, 0.3) is 0 Å². The molecule has 2 rings (SSSR count). The Morgan fingerprint density at radius 2 is 0.955 bits per heavy atom. The van der Waals surface area contributed by atoms with E-state index in [0.29, 0.717) is 12.8 Å². The average Bonchev–Trinajstić information content (AvgIpc) is 3.32. The van der Waals surface area contributed by atoms with Gasteiger partial charge in [0, 0.05) is 6.42 Å². The molecular formula is C53H99NO13. The quantitative estimate of drug-likeness (QED) is 0.0211. The van der Waals surface area contributed by atoms with Crippen LogP contribution in [0, 0.1) is 0 Å². The van der Waals surface area contributed by atoms with Crippen LogP contribution in [0.1, 0.15) is 213 Å². The highest BCUT2D eigenvalue weighted by atomic mass is 16.7. The Labute approximate surface area is 405 Å². The van der Waals surface area contributed by atoms with Gasteiger partial charge in [-0.3, -0.25) is 4.79 Å². The first-order valence-corrected chi connectivity index (χ1v) is 27.1. The van der Waals surface area contributed by atoms with E-state index in [1.807, 2.05) is 6.08 Å². The van der Waals surface area contributed by atoms with Gasteiger partial charge in [0.05, 0.1) is 32.0 Å². The lowest BCUT2D eigenvalue weighted by atomic mass is 9.97. The standard InChI is InChI=1S/C53H99NO13/c1-3-5-7-9-11-13-14-15-16-17-18-19-20-21-22-23-24-25-26-27-28-29-30-32-34-36-42(57)41(54-45(58)37-35-33-31-12-10-8-6-4-2)40-64-52-50(63)48(61)51(44(39-56)66-52)67-53-49(62)47(60)46(59)43(38-55)65-53/h28-29,34,36,41-44,46-53,55-57,59-63H,3-27,30-33,35,37-40H2,1-2H3,(H,54,58)/b29-28+,36-34+. The van der Waals surface area contributed by atoms with Gasteiger partial charge >= 0.3 is 0 Å². The van der Waals surface area contributed by atoms with Crippen LogP contribution >= 0.6 is 0 Å². The molecule has 12 atom stereocenters. The molecule has 0 spiro atoms. The van der Waals surface area contributed by atoms with Crippen LogP contribution in [0.3, 0.4) is 0 Å². The van der Waals surface area contributed by atoms with Crippen molar-refractivity contribution < 1.29 is 64.6 Å². The van der Waals surface area contributed by atoms with Crippen LogP contribution in [0.15, 0.2) is 24.3 Å². The fourth-order valence-electron chi connectivity index (χ4n) is 8.95. The van der Waals surface area contributed by atoms with Gasteiger partial charge in [-0.05, 0) is 32.1 Å². The Morgan fingerprint density at radius 1 is 0.522 bits per heavy atom. The topological polar surface area (TPSA) is 228 Å². The minimum atomic E-state index is -1.79. The van der Waals surface area contributed by atoms with E-state index >= 15 is 0 Å². The Kier molecular flexibility index (Phi) is 36.9. The molecule has 0 aromatic carbocycles. The molecule has 2 aliphatic rings. The summed E-state index contributed by atoms with van der Waals surface area (Å²) in [6.45, 7) is 2.74. The van der Waals surface area contributed by atoms with Crippen molar-refractivity contribution in [2.24, 2.45) is 0 Å². The number of ether oxygens (including phenoxy) is 4. The van der Waals surface area contributed by atoms with Crippen LogP contribution < -0.4 is 5.32 Å². The average molecular weight is 958 g/mol. The summed E-state index contributed by atoms with van der Waals surface area (Å²) in [4.78, 5) is 13.1. The summed E-state index contributed by atoms with van der Waals surface area (Å²) in [5.41, 5.74) is 0. The first kappa shape index (κ1) is 61.6. The number of allylic oxidation sites excluding steroid dienone is 3. The third kappa shape index (κ3) is 27.0. The molecule has 0 saturated carbocycles. The van der Waals surface area contributed by atoms with Gasteiger partial charge < -0.3 is 65.1 Å². The summed E-state index contributed by atoms with van der Waals surface area (Å²) in [6, 6.07) is -0.925. The minimum Gasteiger partial charge on any atom is -0.394 e. The number of hydrogen-bond donors (Lipinski definition) is 9. The summed E-state index contributed by atoms with van der Waals surface area (Å²) in [6.07, 6.45) is 28.3. The highest BCUT2D eigenvalue weighted by Crippen LogP contribution is 2.30. The second-order valence-corrected chi connectivity index (χ2v) is 19.4. The van der Waals surface area contributed by atoms with Crippen LogP contribution in [-0.4, -0.2) is 140 Å². The molecule has 9 N–H and O–H groups in total. The third-order valence-corrected chi connectivity index (χ3v) is 13.4. The molecule has 14 heteroatoms. The minimum absolute atomic E-state index is 0.254. The van der Waals surface area contributed by atoms with Crippen LogP contribution in [0.4, 0.5) is 0 Å². The smallest absolute Gasteiger partial charge is 0.220 e. The Morgan fingerprint density at radius 3 is 1.46 bits per heavy atom. The molecule has 394 valence electrons. The number of aliphatic hydroxyl groups excluding tert-OH is 8. The van der Waals surface area contributed by atoms with E-state index in [1.165, 1.54) is 148 Å². The SMILES string of the molecule is CCCCCCCCCCCCCCCCCCCCC/C=C/CC/C=C/C(O)C(COC1OC(CO)C(OC2OC(CO)C(O)C(O)C2O)C(O)C1O)NC(=O)CCCCCCCCCC. The molecule has 2 aliphatic heterocycles. The van der Waals surface area contributed by atoms with E-state index < -0.39 is 86.8 Å². The van der Waals surface area contributed by atoms with Gasteiger partial charge in [-0.2, -0.15) is 0 Å². The number of rotatable bonds is 42. The number of unbranched alkanes of at least 4 members (excludes halogenated alkanes) is 27. The molecule has 0 aliphatic carbocycles. The number of aliphatic hydroxyl groups is 8. The van der Waals surface area contributed by atoms with Crippen molar-refractivity contribution in [1.29, 1.82) is 0 Å². The van der Waals surface area contributed by atoms with E-state index in [2.05, 4.69) is 31.3 Å². The Hall–Kier alpha value is -1.53. The highest BCUT2D eigenvalue weighted by Gasteiger charge is 2.51. The van der Waals surface area contributed by atoms with Gasteiger partial charge in [-0.25, -0.2) is 0 Å². The molecule has 67 heavy (non-hydrogen) atoms. The molecule has 0 radical (unpaired) electrons. The number of hydrogen-bond acceptors (Lipinski definition) is 13. The molecule has 0 aromatic heterocycles. The summed E-state index contributed by atoms with van der Waals surface area (Å²) >= 11 is 0. The molecule has 2 saturated heterocycles. The maximum absolute atomic E-state index is 13.1. The molecule has 1 amide bonds. The number of carbonyl (C=O) groups is 1. The third-order valence-electron chi connectivity index (χ3n) is 13.4. The monoisotopic (exact) mass is 958 g/mol. The van der Waals surface area contributed by atoms with Gasteiger partial charge in [0.1, 0.15) is 48.8 Å². The second kappa shape index (κ2) is 40.1. The molecule has 0 bridgehead atoms. The lowest BCUT2D eigenvalue weighted by Gasteiger charge is -2.46. The first-order valence-electron chi connectivity index (χ1n) is 27.1. The number of nitrogens with one attached hydrogen (secondary N) is 1. The summed E-state index contributed by atoms with van der Waals surface area (Å²) in [5, 5.41) is 86.6.